The quantitative estimate of drug-likeness (QED) is 0.486. The van der Waals surface area contributed by atoms with Crippen LogP contribution in [-0.4, -0.2) is 59.0 Å². The summed E-state index contributed by atoms with van der Waals surface area (Å²) in [5.74, 6) is 0.845. The first-order valence-electron chi connectivity index (χ1n) is 5.92. The van der Waals surface area contributed by atoms with E-state index in [2.05, 4.69) is 50.2 Å². The molecule has 1 atom stereocenters. The van der Waals surface area contributed by atoms with Crippen LogP contribution >= 0.6 is 27.5 Å². The highest BCUT2D eigenvalue weighted by molar-refractivity contribution is 9.10. The summed E-state index contributed by atoms with van der Waals surface area (Å²) in [5.41, 5.74) is 0. The van der Waals surface area contributed by atoms with Crippen molar-refractivity contribution in [2.75, 3.05) is 32.5 Å². The molecule has 0 radical (unpaired) electrons. The number of guanidine groups is 1. The maximum atomic E-state index is 8.09. The van der Waals surface area contributed by atoms with Crippen LogP contribution in [0.5, 0.6) is 0 Å². The topological polar surface area (TPSA) is 68.1 Å². The number of halogens is 2. The molecule has 1 aliphatic rings. The van der Waals surface area contributed by atoms with E-state index < -0.39 is 0 Å². The molecule has 1 unspecified atom stereocenters. The molecule has 1 aliphatic heterocycles. The zero-order chi connectivity index (χ0) is 14.0. The Kier molecular flexibility index (Phi) is 4.59. The molecule has 0 spiro atoms. The van der Waals surface area contributed by atoms with E-state index in [0.717, 1.165) is 19.5 Å². The van der Waals surface area contributed by atoms with E-state index in [0.29, 0.717) is 27.4 Å². The number of hydrogen-bond donors (Lipinski definition) is 2. The monoisotopic (exact) mass is 346 g/mol. The fraction of sp³-hybridized carbons (Fsp3) is 0.545. The molecule has 0 aromatic carbocycles. The van der Waals surface area contributed by atoms with Crippen LogP contribution in [0.1, 0.15) is 6.42 Å². The number of anilines is 1. The number of nitrogens with zero attached hydrogens (tertiary/aromatic N) is 4. The third-order valence-corrected chi connectivity index (χ3v) is 4.46. The first-order valence-corrected chi connectivity index (χ1v) is 7.09. The van der Waals surface area contributed by atoms with Crippen LogP contribution in [0.25, 0.3) is 0 Å². The van der Waals surface area contributed by atoms with Gasteiger partial charge in [-0.2, -0.15) is 0 Å². The molecule has 0 saturated carbocycles. The molecule has 0 aliphatic carbocycles. The van der Waals surface area contributed by atoms with Crippen LogP contribution in [0, 0.1) is 5.41 Å². The lowest BCUT2D eigenvalue weighted by Crippen LogP contribution is -2.37. The van der Waals surface area contributed by atoms with E-state index in [-0.39, 0.29) is 0 Å². The minimum atomic E-state index is 0.331. The second-order valence-corrected chi connectivity index (χ2v) is 5.80. The normalized spacial score (nSPS) is 19.0. The van der Waals surface area contributed by atoms with E-state index in [9.17, 15) is 0 Å². The van der Waals surface area contributed by atoms with Crippen LogP contribution in [0.15, 0.2) is 10.8 Å². The lowest BCUT2D eigenvalue weighted by atomic mass is 10.2. The fourth-order valence-corrected chi connectivity index (χ4v) is 2.43. The van der Waals surface area contributed by atoms with Gasteiger partial charge in [0.25, 0.3) is 0 Å². The van der Waals surface area contributed by atoms with Crippen LogP contribution in [0.3, 0.4) is 0 Å². The first kappa shape index (κ1) is 14.5. The van der Waals surface area contributed by atoms with Gasteiger partial charge in [0.15, 0.2) is 11.8 Å². The highest BCUT2D eigenvalue weighted by Crippen LogP contribution is 2.26. The predicted octanol–water partition coefficient (Wildman–Crippen LogP) is 1.88. The van der Waals surface area contributed by atoms with E-state index >= 15 is 0 Å². The highest BCUT2D eigenvalue weighted by atomic mass is 79.9. The van der Waals surface area contributed by atoms with Gasteiger partial charge in [-0.15, -0.1) is 0 Å². The van der Waals surface area contributed by atoms with Gasteiger partial charge in [0.05, 0.1) is 4.47 Å². The van der Waals surface area contributed by atoms with Crippen LogP contribution in [0.2, 0.25) is 5.15 Å². The Balaban J connectivity index is 2.00. The molecule has 6 nitrogen and oxygen atoms in total. The van der Waals surface area contributed by atoms with Gasteiger partial charge < -0.3 is 15.1 Å². The SMILES string of the molecule is CN(C)C1CCN(C(=N)Nc2ncnc(Cl)c2Br)C1. The third-order valence-electron chi connectivity index (χ3n) is 3.19. The van der Waals surface area contributed by atoms with Crippen molar-refractivity contribution in [3.63, 3.8) is 0 Å². The second kappa shape index (κ2) is 6.02. The summed E-state index contributed by atoms with van der Waals surface area (Å²) in [6.07, 6.45) is 2.43. The molecule has 1 saturated heterocycles. The number of aromatic nitrogens is 2. The van der Waals surface area contributed by atoms with Crippen molar-refractivity contribution in [2.45, 2.75) is 12.5 Å². The van der Waals surface area contributed by atoms with E-state index in [1.54, 1.807) is 0 Å². The minimum Gasteiger partial charge on any atom is -0.341 e. The van der Waals surface area contributed by atoms with Crippen LogP contribution < -0.4 is 5.32 Å². The maximum absolute atomic E-state index is 8.09. The minimum absolute atomic E-state index is 0.331. The lowest BCUT2D eigenvalue weighted by molar-refractivity contribution is 0.301. The highest BCUT2D eigenvalue weighted by Gasteiger charge is 2.26. The maximum Gasteiger partial charge on any atom is 0.196 e. The van der Waals surface area contributed by atoms with Crippen molar-refractivity contribution in [2.24, 2.45) is 0 Å². The van der Waals surface area contributed by atoms with Crippen molar-refractivity contribution in [3.8, 4) is 0 Å². The van der Waals surface area contributed by atoms with Crippen LogP contribution in [0.4, 0.5) is 5.82 Å². The number of rotatable bonds is 2. The Labute approximate surface area is 125 Å². The van der Waals surface area contributed by atoms with Gasteiger partial charge in [0.2, 0.25) is 0 Å². The summed E-state index contributed by atoms with van der Waals surface area (Å²) < 4.78 is 0.574. The zero-order valence-electron chi connectivity index (χ0n) is 10.8. The second-order valence-electron chi connectivity index (χ2n) is 4.65. The van der Waals surface area contributed by atoms with Gasteiger partial charge >= 0.3 is 0 Å². The third kappa shape index (κ3) is 3.34. The van der Waals surface area contributed by atoms with Gasteiger partial charge in [0.1, 0.15) is 11.5 Å². The number of likely N-dealkylation sites (tertiary alicyclic amines) is 1. The van der Waals surface area contributed by atoms with Crippen molar-refractivity contribution in [1.82, 2.24) is 19.8 Å². The fourth-order valence-electron chi connectivity index (χ4n) is 1.99. The molecule has 1 aromatic heterocycles. The van der Waals surface area contributed by atoms with E-state index in [1.165, 1.54) is 6.33 Å². The van der Waals surface area contributed by atoms with Gasteiger partial charge in [0, 0.05) is 19.1 Å². The number of likely N-dealkylation sites (N-methyl/N-ethyl adjacent to an activating group) is 1. The summed E-state index contributed by atoms with van der Waals surface area (Å²) in [6.45, 7) is 1.71. The molecule has 8 heteroatoms. The van der Waals surface area contributed by atoms with Crippen molar-refractivity contribution < 1.29 is 0 Å². The first-order chi connectivity index (χ1) is 8.99. The molecule has 1 aromatic rings. The smallest absolute Gasteiger partial charge is 0.196 e. The Bertz CT molecular complexity index is 480. The van der Waals surface area contributed by atoms with Crippen LogP contribution in [-0.2, 0) is 0 Å². The standard InChI is InChI=1S/C11H16BrClN6/c1-18(2)7-3-4-19(5-7)11(14)17-10-8(12)9(13)15-6-16-10/h6-7H,3-5H2,1-2H3,(H2,14,15,16,17). The zero-order valence-corrected chi connectivity index (χ0v) is 13.2. The largest absolute Gasteiger partial charge is 0.341 e. The summed E-state index contributed by atoms with van der Waals surface area (Å²) in [6, 6.07) is 0.486. The summed E-state index contributed by atoms with van der Waals surface area (Å²) in [4.78, 5) is 12.1. The van der Waals surface area contributed by atoms with E-state index in [1.807, 2.05) is 4.90 Å². The molecule has 0 bridgehead atoms. The summed E-state index contributed by atoms with van der Waals surface area (Å²) in [7, 11) is 4.12. The molecule has 1 fully saturated rings. The van der Waals surface area contributed by atoms with Crippen molar-refractivity contribution in [3.05, 3.63) is 16.0 Å². The van der Waals surface area contributed by atoms with Crippen molar-refractivity contribution >= 4 is 39.3 Å². The Morgan fingerprint density at radius 3 is 2.95 bits per heavy atom. The molecule has 19 heavy (non-hydrogen) atoms. The van der Waals surface area contributed by atoms with Gasteiger partial charge in [-0.05, 0) is 36.4 Å². The molecule has 2 rings (SSSR count). The summed E-state index contributed by atoms with van der Waals surface area (Å²) >= 11 is 9.20. The van der Waals surface area contributed by atoms with Gasteiger partial charge in [-0.1, -0.05) is 11.6 Å². The number of nitrogens with one attached hydrogen (secondary N) is 2. The molecular weight excluding hydrogens is 332 g/mol. The molecule has 104 valence electrons. The van der Waals surface area contributed by atoms with Gasteiger partial charge in [-0.25, -0.2) is 9.97 Å². The lowest BCUT2D eigenvalue weighted by Gasteiger charge is -2.22. The predicted molar refractivity (Wildman–Crippen MR) is 79.8 cm³/mol. The van der Waals surface area contributed by atoms with Crippen molar-refractivity contribution in [1.29, 1.82) is 5.41 Å². The molecule has 0 amide bonds. The average Bonchev–Trinajstić information content (AvgIpc) is 2.84. The average molecular weight is 348 g/mol. The Hall–Kier alpha value is -0.920. The summed E-state index contributed by atoms with van der Waals surface area (Å²) in [5, 5.41) is 11.4. The molecule has 2 heterocycles. The Morgan fingerprint density at radius 1 is 1.58 bits per heavy atom. The Morgan fingerprint density at radius 2 is 2.32 bits per heavy atom. The molecule has 2 N–H and O–H groups in total. The van der Waals surface area contributed by atoms with Gasteiger partial charge in [-0.3, -0.25) is 5.41 Å². The molecular formula is C11H16BrClN6. The van der Waals surface area contributed by atoms with E-state index in [4.69, 9.17) is 17.0 Å². The number of hydrogen-bond acceptors (Lipinski definition) is 4.